The summed E-state index contributed by atoms with van der Waals surface area (Å²) in [5.41, 5.74) is 7.89. The highest BCUT2D eigenvalue weighted by Crippen LogP contribution is 2.28. The predicted molar refractivity (Wildman–Crippen MR) is 75.6 cm³/mol. The molecular weight excluding hydrogens is 246 g/mol. The normalized spacial score (nSPS) is 10.3. The summed E-state index contributed by atoms with van der Waals surface area (Å²) < 4.78 is 0. The first kappa shape index (κ1) is 12.6. The number of ketones is 1. The van der Waals surface area contributed by atoms with E-state index in [1.165, 1.54) is 23.8 Å². The lowest BCUT2D eigenvalue weighted by Gasteiger charge is -2.03. The maximum atomic E-state index is 11.3. The van der Waals surface area contributed by atoms with Gasteiger partial charge in [-0.1, -0.05) is 30.4 Å². The predicted octanol–water partition coefficient (Wildman–Crippen LogP) is 3.23. The summed E-state index contributed by atoms with van der Waals surface area (Å²) in [6, 6.07) is 8.08. The van der Waals surface area contributed by atoms with Crippen LogP contribution in [0.25, 0.3) is 0 Å². The molecule has 0 radical (unpaired) electrons. The molecule has 0 saturated carbocycles. The fourth-order valence-corrected chi connectivity index (χ4v) is 2.43. The van der Waals surface area contributed by atoms with Crippen LogP contribution in [0.5, 0.6) is 0 Å². The number of carbonyl (C=O) groups is 1. The quantitative estimate of drug-likeness (QED) is 0.829. The zero-order chi connectivity index (χ0) is 13.1. The van der Waals surface area contributed by atoms with Crippen molar-refractivity contribution in [2.24, 2.45) is 0 Å². The van der Waals surface area contributed by atoms with Crippen molar-refractivity contribution >= 4 is 33.8 Å². The molecule has 0 aliphatic carbocycles. The van der Waals surface area contributed by atoms with Crippen LogP contribution in [0.1, 0.15) is 29.1 Å². The van der Waals surface area contributed by atoms with Crippen LogP contribution in [0, 0.1) is 0 Å². The van der Waals surface area contributed by atoms with Gasteiger partial charge in [0.25, 0.3) is 0 Å². The number of benzene rings is 1. The summed E-state index contributed by atoms with van der Waals surface area (Å²) in [5.74, 6) is 0.238. The van der Waals surface area contributed by atoms with Crippen molar-refractivity contribution in [3.05, 3.63) is 34.7 Å². The Morgan fingerprint density at radius 1 is 1.50 bits per heavy atom. The van der Waals surface area contributed by atoms with Gasteiger partial charge in [-0.25, -0.2) is 4.98 Å². The molecule has 3 N–H and O–H groups in total. The molecule has 94 valence electrons. The minimum atomic E-state index is -0.0552. The Balaban J connectivity index is 2.23. The van der Waals surface area contributed by atoms with Crippen molar-refractivity contribution < 1.29 is 4.79 Å². The third kappa shape index (κ3) is 2.68. The van der Waals surface area contributed by atoms with Gasteiger partial charge in [-0.3, -0.25) is 4.79 Å². The van der Waals surface area contributed by atoms with Crippen LogP contribution in [0.4, 0.5) is 16.6 Å². The number of hydrogen-bond donors (Lipinski definition) is 2. The second kappa shape index (κ2) is 5.18. The van der Waals surface area contributed by atoms with Crippen LogP contribution in [0.2, 0.25) is 0 Å². The largest absolute Gasteiger partial charge is 0.382 e. The van der Waals surface area contributed by atoms with Crippen LogP contribution in [0.3, 0.4) is 0 Å². The monoisotopic (exact) mass is 261 g/mol. The Morgan fingerprint density at radius 3 is 2.89 bits per heavy atom. The zero-order valence-corrected chi connectivity index (χ0v) is 11.2. The Morgan fingerprint density at radius 2 is 2.28 bits per heavy atom. The van der Waals surface area contributed by atoms with Crippen molar-refractivity contribution in [1.82, 2.24) is 4.98 Å². The number of hydrogen-bond acceptors (Lipinski definition) is 5. The average Bonchev–Trinajstić information content (AvgIpc) is 2.70. The van der Waals surface area contributed by atoms with Gasteiger partial charge >= 0.3 is 0 Å². The van der Waals surface area contributed by atoms with Crippen LogP contribution in [-0.2, 0) is 6.42 Å². The van der Waals surface area contributed by atoms with Gasteiger partial charge in [-0.2, -0.15) is 0 Å². The van der Waals surface area contributed by atoms with E-state index in [4.69, 9.17) is 5.73 Å². The number of anilines is 3. The lowest BCUT2D eigenvalue weighted by atomic mass is 10.1. The van der Waals surface area contributed by atoms with Crippen LogP contribution in [0.15, 0.2) is 24.3 Å². The van der Waals surface area contributed by atoms with Gasteiger partial charge in [-0.05, 0) is 24.1 Å². The van der Waals surface area contributed by atoms with Gasteiger partial charge in [0.15, 0.2) is 10.9 Å². The molecule has 5 heteroatoms. The highest BCUT2D eigenvalue weighted by atomic mass is 32.1. The molecule has 4 nitrogen and oxygen atoms in total. The van der Waals surface area contributed by atoms with Gasteiger partial charge in [0.05, 0.1) is 0 Å². The summed E-state index contributed by atoms with van der Waals surface area (Å²) in [5, 5.41) is 3.81. The maximum absolute atomic E-state index is 11.3. The highest BCUT2D eigenvalue weighted by molar-refractivity contribution is 7.18. The lowest BCUT2D eigenvalue weighted by molar-refractivity contribution is 0.102. The molecule has 0 bridgehead atoms. The van der Waals surface area contributed by atoms with Crippen molar-refractivity contribution in [3.8, 4) is 0 Å². The van der Waals surface area contributed by atoms with Gasteiger partial charge in [0, 0.05) is 12.6 Å². The van der Waals surface area contributed by atoms with E-state index in [9.17, 15) is 4.79 Å². The number of rotatable bonds is 4. The van der Waals surface area contributed by atoms with Gasteiger partial charge < -0.3 is 11.1 Å². The first-order valence-corrected chi connectivity index (χ1v) is 6.55. The van der Waals surface area contributed by atoms with Crippen LogP contribution < -0.4 is 11.1 Å². The summed E-state index contributed by atoms with van der Waals surface area (Å²) in [7, 11) is 0. The third-order valence-corrected chi connectivity index (χ3v) is 3.65. The summed E-state index contributed by atoms with van der Waals surface area (Å²) >= 11 is 1.28. The standard InChI is InChI=1S/C13H15N3OS/c1-3-9-5-4-6-10(7-9)15-13-16-12(14)11(18-13)8(2)17/h4-7H,3,14H2,1-2H3,(H,15,16). The Bertz CT molecular complexity index is 577. The maximum Gasteiger partial charge on any atom is 0.189 e. The molecule has 0 atom stereocenters. The minimum Gasteiger partial charge on any atom is -0.382 e. The smallest absolute Gasteiger partial charge is 0.189 e. The van der Waals surface area contributed by atoms with E-state index in [0.717, 1.165) is 12.1 Å². The van der Waals surface area contributed by atoms with E-state index in [2.05, 4.69) is 29.4 Å². The second-order valence-electron chi connectivity index (χ2n) is 3.97. The number of nitrogens with one attached hydrogen (secondary N) is 1. The van der Waals surface area contributed by atoms with E-state index < -0.39 is 0 Å². The third-order valence-electron chi connectivity index (χ3n) is 2.56. The van der Waals surface area contributed by atoms with Gasteiger partial charge in [0.2, 0.25) is 0 Å². The van der Waals surface area contributed by atoms with Crippen molar-refractivity contribution in [2.75, 3.05) is 11.1 Å². The number of thiazole rings is 1. The number of nitrogen functional groups attached to an aromatic ring is 1. The second-order valence-corrected chi connectivity index (χ2v) is 4.97. The lowest BCUT2D eigenvalue weighted by Crippen LogP contribution is -1.95. The molecule has 0 unspecified atom stereocenters. The van der Waals surface area contributed by atoms with Gasteiger partial charge in [0.1, 0.15) is 10.7 Å². The number of aryl methyl sites for hydroxylation is 1. The number of aromatic nitrogens is 1. The fraction of sp³-hybridized carbons (Fsp3) is 0.231. The number of Topliss-reactive ketones (excluding diaryl/α,β-unsaturated/α-hetero) is 1. The van der Waals surface area contributed by atoms with Crippen molar-refractivity contribution in [2.45, 2.75) is 20.3 Å². The van der Waals surface area contributed by atoms with Gasteiger partial charge in [-0.15, -0.1) is 0 Å². The SMILES string of the molecule is CCc1cccc(Nc2nc(N)c(C(C)=O)s2)c1. The fourth-order valence-electron chi connectivity index (χ4n) is 1.63. The van der Waals surface area contributed by atoms with Crippen molar-refractivity contribution in [3.63, 3.8) is 0 Å². The average molecular weight is 261 g/mol. The number of nitrogens with two attached hydrogens (primary N) is 1. The summed E-state index contributed by atoms with van der Waals surface area (Å²) in [6.45, 7) is 3.60. The molecule has 0 spiro atoms. The molecular formula is C13H15N3OS. The molecule has 0 aliphatic heterocycles. The molecule has 2 rings (SSSR count). The van der Waals surface area contributed by atoms with Crippen LogP contribution >= 0.6 is 11.3 Å². The molecule has 0 saturated heterocycles. The molecule has 1 aromatic heterocycles. The Kier molecular flexibility index (Phi) is 3.62. The van der Waals surface area contributed by atoms with E-state index in [0.29, 0.717) is 15.8 Å². The van der Waals surface area contributed by atoms with E-state index in [1.807, 2.05) is 12.1 Å². The van der Waals surface area contributed by atoms with Crippen LogP contribution in [-0.4, -0.2) is 10.8 Å². The molecule has 0 amide bonds. The first-order valence-electron chi connectivity index (χ1n) is 5.73. The molecule has 2 aromatic rings. The van der Waals surface area contributed by atoms with Crippen molar-refractivity contribution in [1.29, 1.82) is 0 Å². The molecule has 1 heterocycles. The number of carbonyl (C=O) groups excluding carboxylic acids is 1. The van der Waals surface area contributed by atoms with E-state index in [1.54, 1.807) is 0 Å². The molecule has 0 fully saturated rings. The van der Waals surface area contributed by atoms with E-state index in [-0.39, 0.29) is 5.78 Å². The molecule has 1 aromatic carbocycles. The number of nitrogens with zero attached hydrogens (tertiary/aromatic N) is 1. The Labute approximate surface area is 110 Å². The zero-order valence-electron chi connectivity index (χ0n) is 10.4. The topological polar surface area (TPSA) is 68.0 Å². The first-order chi connectivity index (χ1) is 8.60. The summed E-state index contributed by atoms with van der Waals surface area (Å²) in [4.78, 5) is 15.9. The summed E-state index contributed by atoms with van der Waals surface area (Å²) in [6.07, 6.45) is 0.980. The molecule has 18 heavy (non-hydrogen) atoms. The van der Waals surface area contributed by atoms with E-state index >= 15 is 0 Å². The molecule has 0 aliphatic rings. The Hall–Kier alpha value is -1.88. The highest BCUT2D eigenvalue weighted by Gasteiger charge is 2.12. The minimum absolute atomic E-state index is 0.0552.